The summed E-state index contributed by atoms with van der Waals surface area (Å²) in [6.45, 7) is 10.5. The van der Waals surface area contributed by atoms with Crippen molar-refractivity contribution in [1.29, 1.82) is 0 Å². The molecule has 8 heteroatoms. The van der Waals surface area contributed by atoms with Crippen LogP contribution in [-0.4, -0.2) is 58.5 Å². The maximum atomic E-state index is 15.6. The Labute approximate surface area is 208 Å². The van der Waals surface area contributed by atoms with Gasteiger partial charge in [0, 0.05) is 37.4 Å². The standard InChI is InChI=1S/C26H48F2O5Si/c1-24(2,3)21(26(27,28)13-8-12-25(4,5)33-34)11-10-17-18-15-22(29)31-20(18)16-19(17)32-23-9-6-7-14-30-23/h17-23,29H,6-16H2,1-5,34H3/t17-,18-,19-,20+,21?,22?,23?/m1/s1. The van der Waals surface area contributed by atoms with Gasteiger partial charge in [-0.05, 0) is 76.0 Å². The molecule has 0 amide bonds. The molecule has 3 unspecified atom stereocenters. The molecule has 2 aliphatic heterocycles. The van der Waals surface area contributed by atoms with Crippen LogP contribution >= 0.6 is 0 Å². The molecule has 0 bridgehead atoms. The fourth-order valence-corrected chi connectivity index (χ4v) is 6.54. The van der Waals surface area contributed by atoms with E-state index < -0.39 is 23.5 Å². The molecule has 2 heterocycles. The van der Waals surface area contributed by atoms with E-state index in [9.17, 15) is 5.11 Å². The van der Waals surface area contributed by atoms with Crippen LogP contribution in [-0.2, 0) is 18.6 Å². The highest BCUT2D eigenvalue weighted by molar-refractivity contribution is 5.98. The third-order valence-corrected chi connectivity index (χ3v) is 9.53. The van der Waals surface area contributed by atoms with Gasteiger partial charge < -0.3 is 23.7 Å². The average molecular weight is 507 g/mol. The summed E-state index contributed by atoms with van der Waals surface area (Å²) in [5.41, 5.74) is -0.840. The van der Waals surface area contributed by atoms with Gasteiger partial charge >= 0.3 is 0 Å². The van der Waals surface area contributed by atoms with Gasteiger partial charge in [-0.15, -0.1) is 0 Å². The largest absolute Gasteiger partial charge is 0.423 e. The van der Waals surface area contributed by atoms with Crippen LogP contribution in [0.2, 0.25) is 0 Å². The number of rotatable bonds is 11. The van der Waals surface area contributed by atoms with Gasteiger partial charge in [-0.3, -0.25) is 0 Å². The number of alkyl halides is 2. The number of fused-ring (bicyclic) bond motifs is 1. The smallest absolute Gasteiger partial charge is 0.251 e. The van der Waals surface area contributed by atoms with E-state index in [2.05, 4.69) is 0 Å². The summed E-state index contributed by atoms with van der Waals surface area (Å²) in [6, 6.07) is 0. The van der Waals surface area contributed by atoms with Gasteiger partial charge in [0.1, 0.15) is 10.5 Å². The van der Waals surface area contributed by atoms with Crippen molar-refractivity contribution in [3.63, 3.8) is 0 Å². The average Bonchev–Trinajstić information content (AvgIpc) is 3.23. The molecular formula is C26H48F2O5Si. The van der Waals surface area contributed by atoms with Gasteiger partial charge in [0.2, 0.25) is 0 Å². The number of halogens is 2. The molecule has 0 aromatic carbocycles. The predicted molar refractivity (Wildman–Crippen MR) is 132 cm³/mol. The number of ether oxygens (including phenoxy) is 3. The number of hydrogen-bond donors (Lipinski definition) is 1. The zero-order valence-electron chi connectivity index (χ0n) is 22.2. The molecular weight excluding hydrogens is 458 g/mol. The van der Waals surface area contributed by atoms with Crippen LogP contribution < -0.4 is 0 Å². The van der Waals surface area contributed by atoms with Gasteiger partial charge in [-0.25, -0.2) is 8.78 Å². The first-order valence-electron chi connectivity index (χ1n) is 13.4. The van der Waals surface area contributed by atoms with E-state index in [1.807, 2.05) is 34.6 Å². The number of aliphatic hydroxyl groups is 1. The summed E-state index contributed by atoms with van der Waals surface area (Å²) in [5, 5.41) is 10.1. The monoisotopic (exact) mass is 506 g/mol. The zero-order chi connectivity index (χ0) is 25.1. The Morgan fingerprint density at radius 1 is 1.09 bits per heavy atom. The minimum absolute atomic E-state index is 0.0537. The van der Waals surface area contributed by atoms with Crippen molar-refractivity contribution in [2.75, 3.05) is 6.61 Å². The number of aliphatic hydroxyl groups excluding tert-OH is 1. The fraction of sp³-hybridized carbons (Fsp3) is 1.00. The van der Waals surface area contributed by atoms with Crippen LogP contribution in [0.4, 0.5) is 8.78 Å². The van der Waals surface area contributed by atoms with E-state index in [4.69, 9.17) is 18.6 Å². The van der Waals surface area contributed by atoms with Crippen LogP contribution in [0.3, 0.4) is 0 Å². The molecule has 5 nitrogen and oxygen atoms in total. The van der Waals surface area contributed by atoms with E-state index in [1.54, 1.807) is 0 Å². The van der Waals surface area contributed by atoms with E-state index in [1.165, 1.54) is 0 Å². The Balaban J connectivity index is 1.66. The number of hydrogen-bond acceptors (Lipinski definition) is 5. The molecule has 0 aromatic heterocycles. The second-order valence-electron chi connectivity index (χ2n) is 12.5. The molecule has 0 aromatic rings. The van der Waals surface area contributed by atoms with E-state index in [0.717, 1.165) is 19.3 Å². The summed E-state index contributed by atoms with van der Waals surface area (Å²) in [4.78, 5) is 0. The maximum absolute atomic E-state index is 15.6. The second-order valence-corrected chi connectivity index (χ2v) is 12.9. The van der Waals surface area contributed by atoms with Crippen molar-refractivity contribution in [3.05, 3.63) is 0 Å². The summed E-state index contributed by atoms with van der Waals surface area (Å²) in [5.74, 6) is -3.21. The van der Waals surface area contributed by atoms with Crippen LogP contribution in [0.15, 0.2) is 0 Å². The molecule has 34 heavy (non-hydrogen) atoms. The molecule has 3 fully saturated rings. The minimum atomic E-state index is -2.74. The Hall–Kier alpha value is -0.123. The van der Waals surface area contributed by atoms with E-state index in [-0.39, 0.29) is 42.4 Å². The highest BCUT2D eigenvalue weighted by atomic mass is 28.2. The summed E-state index contributed by atoms with van der Waals surface area (Å²) in [7, 11) is 0.612. The Morgan fingerprint density at radius 2 is 1.82 bits per heavy atom. The first kappa shape index (κ1) is 28.4. The summed E-state index contributed by atoms with van der Waals surface area (Å²) >= 11 is 0. The van der Waals surface area contributed by atoms with Crippen molar-refractivity contribution >= 4 is 10.5 Å². The van der Waals surface area contributed by atoms with Crippen LogP contribution in [0.1, 0.15) is 98.8 Å². The van der Waals surface area contributed by atoms with E-state index >= 15 is 8.78 Å². The van der Waals surface area contributed by atoms with Crippen LogP contribution in [0.5, 0.6) is 0 Å². The first-order valence-corrected chi connectivity index (χ1v) is 14.2. The minimum Gasteiger partial charge on any atom is -0.423 e. The molecule has 0 spiro atoms. The molecule has 7 atom stereocenters. The normalized spacial score (nSPS) is 33.9. The third kappa shape index (κ3) is 7.45. The Morgan fingerprint density at radius 3 is 2.44 bits per heavy atom. The van der Waals surface area contributed by atoms with Gasteiger partial charge in [0.25, 0.3) is 5.92 Å². The molecule has 1 saturated carbocycles. The molecule has 2 saturated heterocycles. The highest BCUT2D eigenvalue weighted by Gasteiger charge is 2.52. The second kappa shape index (κ2) is 11.5. The van der Waals surface area contributed by atoms with Gasteiger partial charge in [-0.1, -0.05) is 20.8 Å². The Bertz CT molecular complexity index is 635. The summed E-state index contributed by atoms with van der Waals surface area (Å²) in [6.07, 6.45) is 5.28. The zero-order valence-corrected chi connectivity index (χ0v) is 24.2. The fourth-order valence-electron chi connectivity index (χ4n) is 6.34. The molecule has 3 rings (SSSR count). The van der Waals surface area contributed by atoms with E-state index in [0.29, 0.717) is 55.6 Å². The molecule has 1 N–H and O–H groups in total. The first-order chi connectivity index (χ1) is 15.8. The van der Waals surface area contributed by atoms with Gasteiger partial charge in [0.15, 0.2) is 12.6 Å². The molecule has 200 valence electrons. The van der Waals surface area contributed by atoms with Crippen LogP contribution in [0.25, 0.3) is 0 Å². The van der Waals surface area contributed by atoms with Gasteiger partial charge in [0.05, 0.1) is 12.2 Å². The van der Waals surface area contributed by atoms with Crippen molar-refractivity contribution in [2.24, 2.45) is 23.2 Å². The topological polar surface area (TPSA) is 57.2 Å². The van der Waals surface area contributed by atoms with Gasteiger partial charge in [-0.2, -0.15) is 0 Å². The van der Waals surface area contributed by atoms with Crippen molar-refractivity contribution in [3.8, 4) is 0 Å². The maximum Gasteiger partial charge on any atom is 0.251 e. The molecule has 3 aliphatic rings. The summed E-state index contributed by atoms with van der Waals surface area (Å²) < 4.78 is 54.7. The lowest BCUT2D eigenvalue weighted by Crippen LogP contribution is -2.39. The molecule has 1 aliphatic carbocycles. The van der Waals surface area contributed by atoms with Crippen molar-refractivity contribution in [2.45, 2.75) is 135 Å². The third-order valence-electron chi connectivity index (χ3n) is 8.43. The lowest BCUT2D eigenvalue weighted by Gasteiger charge is -2.39. The van der Waals surface area contributed by atoms with Crippen molar-refractivity contribution < 1.29 is 32.5 Å². The lowest BCUT2D eigenvalue weighted by molar-refractivity contribution is -0.200. The van der Waals surface area contributed by atoms with Crippen molar-refractivity contribution in [1.82, 2.24) is 0 Å². The predicted octanol–water partition coefficient (Wildman–Crippen LogP) is 4.97. The highest BCUT2D eigenvalue weighted by Crippen LogP contribution is 2.50. The lowest BCUT2D eigenvalue weighted by atomic mass is 9.71. The SMILES string of the molecule is CC(C)(CCCC(F)(F)C(CC[C@@H]1[C@H]2CC(O)O[C@H]2C[C@H]1OC1CCCCO1)C(C)(C)C)O[SiH3]. The quantitative estimate of drug-likeness (QED) is 0.401. The molecule has 0 radical (unpaired) electrons. The Kier molecular flexibility index (Phi) is 9.63. The van der Waals surface area contributed by atoms with Crippen LogP contribution in [0, 0.1) is 23.2 Å².